The molecule has 0 amide bonds. The summed E-state index contributed by atoms with van der Waals surface area (Å²) >= 11 is -0.220. The second-order valence-electron chi connectivity index (χ2n) is 4.18. The SMILES string of the molecule is CCCCC[CH2][SnH2][CH2]CCCCC. The molecular weight excluding hydrogens is 263 g/mol. The number of hydrogen-bond acceptors (Lipinski definition) is 0. The predicted molar refractivity (Wildman–Crippen MR) is 66.4 cm³/mol. The summed E-state index contributed by atoms with van der Waals surface area (Å²) in [5, 5.41) is 0. The quantitative estimate of drug-likeness (QED) is 0.419. The van der Waals surface area contributed by atoms with Gasteiger partial charge in [0.15, 0.2) is 0 Å². The monoisotopic (exact) mass is 292 g/mol. The molecule has 0 N–H and O–H groups in total. The Balaban J connectivity index is 2.76. The summed E-state index contributed by atoms with van der Waals surface area (Å²) in [5.41, 5.74) is 0. The van der Waals surface area contributed by atoms with Crippen LogP contribution in [0.3, 0.4) is 0 Å². The molecule has 0 unspecified atom stereocenters. The third kappa shape index (κ3) is 12.8. The van der Waals surface area contributed by atoms with Crippen molar-refractivity contribution in [1.82, 2.24) is 0 Å². The summed E-state index contributed by atoms with van der Waals surface area (Å²) in [5.74, 6) is 0. The summed E-state index contributed by atoms with van der Waals surface area (Å²) in [7, 11) is 0. The summed E-state index contributed by atoms with van der Waals surface area (Å²) in [6, 6.07) is 0. The van der Waals surface area contributed by atoms with Gasteiger partial charge in [-0.3, -0.25) is 0 Å². The van der Waals surface area contributed by atoms with Crippen molar-refractivity contribution in [2.75, 3.05) is 0 Å². The summed E-state index contributed by atoms with van der Waals surface area (Å²) in [6.45, 7) is 4.60. The van der Waals surface area contributed by atoms with Gasteiger partial charge in [-0.05, 0) is 0 Å². The summed E-state index contributed by atoms with van der Waals surface area (Å²) < 4.78 is 3.38. The van der Waals surface area contributed by atoms with E-state index < -0.39 is 0 Å². The van der Waals surface area contributed by atoms with Crippen molar-refractivity contribution in [2.45, 2.75) is 74.1 Å². The maximum atomic E-state index is 2.30. The van der Waals surface area contributed by atoms with Crippen LogP contribution in [0.1, 0.15) is 65.2 Å². The van der Waals surface area contributed by atoms with Crippen LogP contribution in [0.25, 0.3) is 0 Å². The molecule has 0 radical (unpaired) electrons. The van der Waals surface area contributed by atoms with E-state index in [1.807, 2.05) is 0 Å². The second-order valence-corrected chi connectivity index (χ2v) is 10.2. The first-order valence-electron chi connectivity index (χ1n) is 6.41. The van der Waals surface area contributed by atoms with Gasteiger partial charge in [-0.1, -0.05) is 0 Å². The zero-order chi connectivity index (χ0) is 9.78. The van der Waals surface area contributed by atoms with E-state index in [1.54, 1.807) is 21.7 Å². The Kier molecular flexibility index (Phi) is 13.6. The van der Waals surface area contributed by atoms with Gasteiger partial charge in [0.2, 0.25) is 0 Å². The van der Waals surface area contributed by atoms with E-state index in [0.29, 0.717) is 0 Å². The number of hydrogen-bond donors (Lipinski definition) is 0. The van der Waals surface area contributed by atoms with Crippen molar-refractivity contribution in [3.8, 4) is 0 Å². The average Bonchev–Trinajstić information content (AvgIpc) is 2.16. The molecule has 0 aliphatic carbocycles. The van der Waals surface area contributed by atoms with E-state index in [1.165, 1.54) is 38.5 Å². The third-order valence-electron chi connectivity index (χ3n) is 2.71. The zero-order valence-corrected chi connectivity index (χ0v) is 13.8. The van der Waals surface area contributed by atoms with Gasteiger partial charge in [0.25, 0.3) is 0 Å². The van der Waals surface area contributed by atoms with Crippen molar-refractivity contribution in [3.63, 3.8) is 0 Å². The maximum absolute atomic E-state index is 2.30. The fourth-order valence-corrected chi connectivity index (χ4v) is 6.78. The van der Waals surface area contributed by atoms with Gasteiger partial charge >= 0.3 is 95.2 Å². The molecule has 0 heterocycles. The fourth-order valence-electron chi connectivity index (χ4n) is 1.74. The minimum absolute atomic E-state index is 0.220. The van der Waals surface area contributed by atoms with Crippen LogP contribution in [0, 0.1) is 0 Å². The molecule has 1 heteroatoms. The molecule has 0 aromatic heterocycles. The van der Waals surface area contributed by atoms with Crippen LogP contribution in [0.5, 0.6) is 0 Å². The summed E-state index contributed by atoms with van der Waals surface area (Å²) in [6.07, 6.45) is 11.9. The van der Waals surface area contributed by atoms with Crippen LogP contribution in [-0.2, 0) is 0 Å². The molecule has 0 aliphatic heterocycles. The second kappa shape index (κ2) is 12.8. The van der Waals surface area contributed by atoms with E-state index in [-0.39, 0.29) is 21.1 Å². The van der Waals surface area contributed by atoms with Gasteiger partial charge in [0.1, 0.15) is 0 Å². The van der Waals surface area contributed by atoms with Crippen LogP contribution in [0.2, 0.25) is 8.87 Å². The van der Waals surface area contributed by atoms with Gasteiger partial charge in [-0.15, -0.1) is 0 Å². The summed E-state index contributed by atoms with van der Waals surface area (Å²) in [4.78, 5) is 0. The van der Waals surface area contributed by atoms with Crippen molar-refractivity contribution in [1.29, 1.82) is 0 Å². The molecule has 13 heavy (non-hydrogen) atoms. The van der Waals surface area contributed by atoms with Crippen LogP contribution >= 0.6 is 0 Å². The van der Waals surface area contributed by atoms with Gasteiger partial charge in [-0.2, -0.15) is 0 Å². The van der Waals surface area contributed by atoms with E-state index >= 15 is 0 Å². The molecule has 0 bridgehead atoms. The molecular formula is C12H28Sn. The van der Waals surface area contributed by atoms with Crippen LogP contribution in [-0.4, -0.2) is 21.1 Å². The first kappa shape index (κ1) is 13.8. The van der Waals surface area contributed by atoms with Crippen molar-refractivity contribution in [2.24, 2.45) is 0 Å². The molecule has 0 saturated carbocycles. The Bertz CT molecular complexity index is 71.2. The van der Waals surface area contributed by atoms with E-state index in [0.717, 1.165) is 0 Å². The predicted octanol–water partition coefficient (Wildman–Crippen LogP) is 4.15. The molecule has 0 spiro atoms. The van der Waals surface area contributed by atoms with Crippen LogP contribution in [0.4, 0.5) is 0 Å². The fraction of sp³-hybridized carbons (Fsp3) is 1.00. The number of rotatable bonds is 10. The van der Waals surface area contributed by atoms with Gasteiger partial charge in [0.05, 0.1) is 0 Å². The molecule has 80 valence electrons. The number of unbranched alkanes of at least 4 members (excludes halogenated alkanes) is 6. The van der Waals surface area contributed by atoms with E-state index in [2.05, 4.69) is 13.8 Å². The Labute approximate surface area is 95.1 Å². The van der Waals surface area contributed by atoms with Gasteiger partial charge in [-0.25, -0.2) is 0 Å². The molecule has 0 fully saturated rings. The first-order chi connectivity index (χ1) is 6.41. The van der Waals surface area contributed by atoms with Crippen LogP contribution < -0.4 is 0 Å². The third-order valence-corrected chi connectivity index (χ3v) is 8.42. The van der Waals surface area contributed by atoms with Crippen LogP contribution in [0.15, 0.2) is 0 Å². The standard InChI is InChI=1S/2C6H13.Sn.2H/c2*1-3-5-6-4-2;;;/h2*1,3-6H2,2H3;;;. The molecule has 0 rings (SSSR count). The molecule has 0 aliphatic rings. The Morgan fingerprint density at radius 3 is 1.46 bits per heavy atom. The van der Waals surface area contributed by atoms with Gasteiger partial charge < -0.3 is 0 Å². The molecule has 0 atom stereocenters. The van der Waals surface area contributed by atoms with Gasteiger partial charge in [0, 0.05) is 0 Å². The molecule has 0 saturated heterocycles. The van der Waals surface area contributed by atoms with E-state index in [9.17, 15) is 0 Å². The molecule has 0 aromatic rings. The average molecular weight is 291 g/mol. The zero-order valence-electron chi connectivity index (χ0n) is 9.78. The van der Waals surface area contributed by atoms with Crippen molar-refractivity contribution >= 4 is 21.1 Å². The molecule has 0 nitrogen and oxygen atoms in total. The minimum atomic E-state index is -0.220. The normalized spacial score (nSPS) is 10.6. The Hall–Kier alpha value is 0.799. The Morgan fingerprint density at radius 2 is 1.08 bits per heavy atom. The van der Waals surface area contributed by atoms with E-state index in [4.69, 9.17) is 0 Å². The molecule has 0 aromatic carbocycles. The Morgan fingerprint density at radius 1 is 0.615 bits per heavy atom. The van der Waals surface area contributed by atoms with Crippen molar-refractivity contribution in [3.05, 3.63) is 0 Å². The topological polar surface area (TPSA) is 0 Å². The van der Waals surface area contributed by atoms with Crippen molar-refractivity contribution < 1.29 is 0 Å². The first-order valence-corrected chi connectivity index (χ1v) is 12.1.